The van der Waals surface area contributed by atoms with E-state index in [4.69, 9.17) is 11.6 Å². The third-order valence-corrected chi connectivity index (χ3v) is 4.84. The fourth-order valence-corrected chi connectivity index (χ4v) is 3.28. The Hall–Kier alpha value is -1.42. The minimum absolute atomic E-state index is 0.0729. The van der Waals surface area contributed by atoms with E-state index in [2.05, 4.69) is 30.1 Å². The first-order valence-corrected chi connectivity index (χ1v) is 9.54. The second kappa shape index (κ2) is 9.77. The maximum atomic E-state index is 12.4. The zero-order valence-corrected chi connectivity index (χ0v) is 15.7. The minimum atomic E-state index is 0.0729. The summed E-state index contributed by atoms with van der Waals surface area (Å²) in [6.07, 6.45) is 6.05. The monoisotopic (exact) mass is 351 g/mol. The highest BCUT2D eigenvalue weighted by molar-refractivity contribution is 6.30. The lowest BCUT2D eigenvalue weighted by atomic mass is 10.1. The van der Waals surface area contributed by atoms with Gasteiger partial charge in [0.25, 0.3) is 0 Å². The van der Waals surface area contributed by atoms with Crippen LogP contribution in [0.5, 0.6) is 0 Å². The van der Waals surface area contributed by atoms with Gasteiger partial charge in [-0.05, 0) is 31.5 Å². The Morgan fingerprint density at radius 1 is 1.21 bits per heavy atom. The number of hydrogen-bond donors (Lipinski definition) is 1. The van der Waals surface area contributed by atoms with E-state index in [1.54, 1.807) is 0 Å². The first-order chi connectivity index (χ1) is 11.6. The Morgan fingerprint density at radius 3 is 2.62 bits per heavy atom. The summed E-state index contributed by atoms with van der Waals surface area (Å²) in [6, 6.07) is 8.23. The van der Waals surface area contributed by atoms with Crippen molar-refractivity contribution in [1.82, 2.24) is 10.2 Å². The van der Waals surface area contributed by atoms with Crippen LogP contribution < -0.4 is 10.2 Å². The summed E-state index contributed by atoms with van der Waals surface area (Å²) in [5.74, 6) is 0. The summed E-state index contributed by atoms with van der Waals surface area (Å²) < 4.78 is 0. The molecule has 2 rings (SSSR count). The normalized spacial score (nSPS) is 16.1. The van der Waals surface area contributed by atoms with Gasteiger partial charge in [-0.3, -0.25) is 0 Å². The molecule has 134 valence electrons. The van der Waals surface area contributed by atoms with Crippen LogP contribution in [-0.2, 0) is 0 Å². The Kier molecular flexibility index (Phi) is 7.70. The van der Waals surface area contributed by atoms with Crippen molar-refractivity contribution in [3.63, 3.8) is 0 Å². The van der Waals surface area contributed by atoms with E-state index in [-0.39, 0.29) is 12.1 Å². The molecule has 1 aliphatic rings. The third kappa shape index (κ3) is 5.90. The van der Waals surface area contributed by atoms with Gasteiger partial charge in [0.2, 0.25) is 0 Å². The number of carbonyl (C=O) groups excluding carboxylic acids is 1. The van der Waals surface area contributed by atoms with Crippen LogP contribution in [0.15, 0.2) is 24.3 Å². The van der Waals surface area contributed by atoms with Gasteiger partial charge in [0.15, 0.2) is 0 Å². The largest absolute Gasteiger partial charge is 0.368 e. The summed E-state index contributed by atoms with van der Waals surface area (Å²) >= 11 is 6.06. The summed E-state index contributed by atoms with van der Waals surface area (Å²) in [7, 11) is 0. The van der Waals surface area contributed by atoms with Gasteiger partial charge in [-0.1, -0.05) is 50.3 Å². The van der Waals surface area contributed by atoms with Crippen LogP contribution in [0.25, 0.3) is 0 Å². The van der Waals surface area contributed by atoms with E-state index < -0.39 is 0 Å². The molecule has 1 saturated heterocycles. The van der Waals surface area contributed by atoms with E-state index in [0.717, 1.165) is 43.3 Å². The van der Waals surface area contributed by atoms with Gasteiger partial charge in [-0.2, -0.15) is 0 Å². The number of halogens is 1. The third-order valence-electron chi connectivity index (χ3n) is 4.60. The fourth-order valence-electron chi connectivity index (χ4n) is 3.09. The quantitative estimate of drug-likeness (QED) is 0.732. The van der Waals surface area contributed by atoms with Crippen molar-refractivity contribution in [1.29, 1.82) is 0 Å². The lowest BCUT2D eigenvalue weighted by molar-refractivity contribution is 0.190. The molecule has 0 unspecified atom stereocenters. The van der Waals surface area contributed by atoms with Gasteiger partial charge in [-0.25, -0.2) is 4.79 Å². The van der Waals surface area contributed by atoms with Crippen LogP contribution in [0.3, 0.4) is 0 Å². The first kappa shape index (κ1) is 18.9. The molecule has 1 N–H and O–H groups in total. The number of amides is 2. The molecule has 5 heteroatoms. The molecule has 1 atom stereocenters. The van der Waals surface area contributed by atoms with Gasteiger partial charge in [0.1, 0.15) is 0 Å². The average molecular weight is 352 g/mol. The molecule has 1 fully saturated rings. The smallest absolute Gasteiger partial charge is 0.317 e. The van der Waals surface area contributed by atoms with Gasteiger partial charge in [0, 0.05) is 42.9 Å². The van der Waals surface area contributed by atoms with Gasteiger partial charge in [-0.15, -0.1) is 0 Å². The number of unbranched alkanes of at least 4 members (excludes halogenated alkanes) is 3. The Labute approximate surface area is 151 Å². The number of urea groups is 1. The summed E-state index contributed by atoms with van der Waals surface area (Å²) in [6.45, 7) is 7.51. The number of anilines is 1. The zero-order chi connectivity index (χ0) is 17.4. The molecule has 2 amide bonds. The predicted molar refractivity (Wildman–Crippen MR) is 102 cm³/mol. The van der Waals surface area contributed by atoms with Crippen molar-refractivity contribution in [2.45, 2.75) is 52.0 Å². The highest BCUT2D eigenvalue weighted by atomic mass is 35.5. The van der Waals surface area contributed by atoms with Crippen LogP contribution in [-0.4, -0.2) is 43.2 Å². The predicted octanol–water partition coefficient (Wildman–Crippen LogP) is 4.53. The lowest BCUT2D eigenvalue weighted by Crippen LogP contribution is -2.53. The number of benzene rings is 1. The Balaban J connectivity index is 1.72. The van der Waals surface area contributed by atoms with Crippen LogP contribution in [0.4, 0.5) is 10.5 Å². The highest BCUT2D eigenvalue weighted by Crippen LogP contribution is 2.20. The van der Waals surface area contributed by atoms with Gasteiger partial charge < -0.3 is 15.1 Å². The SMILES string of the molecule is CCCCCC[C@@H](C)NC(=O)N1CCN(c2cccc(Cl)c2)CC1. The van der Waals surface area contributed by atoms with Crippen LogP contribution in [0.1, 0.15) is 46.0 Å². The molecule has 0 radical (unpaired) electrons. The molecule has 1 aliphatic heterocycles. The number of rotatable bonds is 7. The number of nitrogens with zero attached hydrogens (tertiary/aromatic N) is 2. The van der Waals surface area contributed by atoms with Crippen molar-refractivity contribution in [3.8, 4) is 0 Å². The van der Waals surface area contributed by atoms with E-state index in [0.29, 0.717) is 0 Å². The van der Waals surface area contributed by atoms with E-state index in [1.165, 1.54) is 25.7 Å². The molecule has 0 saturated carbocycles. The molecule has 0 aromatic heterocycles. The number of carbonyl (C=O) groups is 1. The summed E-state index contributed by atoms with van der Waals surface area (Å²) in [5.41, 5.74) is 1.13. The van der Waals surface area contributed by atoms with Crippen molar-refractivity contribution in [3.05, 3.63) is 29.3 Å². The van der Waals surface area contributed by atoms with Crippen molar-refractivity contribution in [2.75, 3.05) is 31.1 Å². The molecule has 0 aliphatic carbocycles. The Bertz CT molecular complexity index is 515. The summed E-state index contributed by atoms with van der Waals surface area (Å²) in [5, 5.41) is 3.89. The molecular weight excluding hydrogens is 322 g/mol. The molecule has 0 bridgehead atoms. The molecule has 1 heterocycles. The lowest BCUT2D eigenvalue weighted by Gasteiger charge is -2.36. The highest BCUT2D eigenvalue weighted by Gasteiger charge is 2.22. The van der Waals surface area contributed by atoms with Crippen molar-refractivity contribution < 1.29 is 4.79 Å². The number of piperazine rings is 1. The van der Waals surface area contributed by atoms with Crippen molar-refractivity contribution in [2.24, 2.45) is 0 Å². The topological polar surface area (TPSA) is 35.6 Å². The second-order valence-corrected chi connectivity index (χ2v) is 7.09. The number of hydrogen-bond acceptors (Lipinski definition) is 2. The molecule has 24 heavy (non-hydrogen) atoms. The molecular formula is C19H30ClN3O. The molecule has 4 nitrogen and oxygen atoms in total. The van der Waals surface area contributed by atoms with E-state index >= 15 is 0 Å². The second-order valence-electron chi connectivity index (χ2n) is 6.65. The van der Waals surface area contributed by atoms with Gasteiger partial charge >= 0.3 is 6.03 Å². The Morgan fingerprint density at radius 2 is 1.96 bits per heavy atom. The first-order valence-electron chi connectivity index (χ1n) is 9.16. The van der Waals surface area contributed by atoms with E-state index in [1.807, 2.05) is 23.1 Å². The van der Waals surface area contributed by atoms with Crippen molar-refractivity contribution >= 4 is 23.3 Å². The minimum Gasteiger partial charge on any atom is -0.368 e. The number of nitrogens with one attached hydrogen (secondary N) is 1. The standard InChI is InChI=1S/C19H30ClN3O/c1-3-4-5-6-8-16(2)21-19(24)23-13-11-22(12-14-23)18-10-7-9-17(20)15-18/h7,9-10,15-16H,3-6,8,11-14H2,1-2H3,(H,21,24)/t16-/m1/s1. The maximum absolute atomic E-state index is 12.4. The zero-order valence-electron chi connectivity index (χ0n) is 14.9. The van der Waals surface area contributed by atoms with Crippen LogP contribution in [0, 0.1) is 0 Å². The van der Waals surface area contributed by atoms with Gasteiger partial charge in [0.05, 0.1) is 0 Å². The maximum Gasteiger partial charge on any atom is 0.317 e. The molecule has 1 aromatic rings. The van der Waals surface area contributed by atoms with Crippen LogP contribution in [0.2, 0.25) is 5.02 Å². The van der Waals surface area contributed by atoms with E-state index in [9.17, 15) is 4.79 Å². The summed E-state index contributed by atoms with van der Waals surface area (Å²) in [4.78, 5) is 16.6. The van der Waals surface area contributed by atoms with Crippen LogP contribution >= 0.6 is 11.6 Å². The molecule has 1 aromatic carbocycles. The average Bonchev–Trinajstić information content (AvgIpc) is 2.59. The fraction of sp³-hybridized carbons (Fsp3) is 0.632. The molecule has 0 spiro atoms.